The van der Waals surface area contributed by atoms with Gasteiger partial charge in [-0.2, -0.15) is 5.26 Å². The van der Waals surface area contributed by atoms with Crippen molar-refractivity contribution in [2.24, 2.45) is 13.0 Å². The number of thioether (sulfide) groups is 1. The van der Waals surface area contributed by atoms with Crippen molar-refractivity contribution in [2.45, 2.75) is 33.1 Å². The van der Waals surface area contributed by atoms with Gasteiger partial charge in [-0.05, 0) is 56.2 Å². The van der Waals surface area contributed by atoms with Gasteiger partial charge in [0.15, 0.2) is 0 Å². The number of piperidine rings is 1. The number of nitriles is 1. The summed E-state index contributed by atoms with van der Waals surface area (Å²) in [6.45, 7) is 5.82. The quantitative estimate of drug-likeness (QED) is 0.459. The van der Waals surface area contributed by atoms with Crippen LogP contribution < -0.4 is 10.5 Å². The predicted octanol–water partition coefficient (Wildman–Crippen LogP) is 4.25. The van der Waals surface area contributed by atoms with E-state index in [1.54, 1.807) is 23.4 Å². The van der Waals surface area contributed by atoms with Crippen LogP contribution in [0.15, 0.2) is 40.0 Å². The van der Waals surface area contributed by atoms with E-state index in [-0.39, 0.29) is 17.0 Å². The Morgan fingerprint density at radius 3 is 2.47 bits per heavy atom. The summed E-state index contributed by atoms with van der Waals surface area (Å²) in [7, 11) is 1.71. The first-order valence-electron chi connectivity index (χ1n) is 11.5. The van der Waals surface area contributed by atoms with Crippen molar-refractivity contribution < 1.29 is 4.79 Å². The van der Waals surface area contributed by atoms with E-state index in [9.17, 15) is 14.9 Å². The molecule has 3 heterocycles. The van der Waals surface area contributed by atoms with E-state index in [1.807, 2.05) is 19.1 Å². The molecule has 2 fully saturated rings. The Balaban J connectivity index is 1.69. The molecule has 2 aromatic rings. The number of hydrogen-bond donors (Lipinski definition) is 0. The van der Waals surface area contributed by atoms with Gasteiger partial charge in [0.05, 0.1) is 4.91 Å². The third-order valence-electron chi connectivity index (χ3n) is 6.71. The van der Waals surface area contributed by atoms with Crippen molar-refractivity contribution >= 4 is 46.1 Å². The molecule has 0 bridgehead atoms. The first-order valence-corrected chi connectivity index (χ1v) is 12.8. The van der Waals surface area contributed by atoms with Gasteiger partial charge in [-0.15, -0.1) is 0 Å². The number of pyridine rings is 1. The molecule has 0 radical (unpaired) electrons. The molecule has 1 aromatic carbocycles. The Bertz CT molecular complexity index is 1250. The van der Waals surface area contributed by atoms with E-state index in [1.165, 1.54) is 17.3 Å². The number of hydrogen-bond acceptors (Lipinski definition) is 6. The molecule has 6 nitrogen and oxygen atoms in total. The summed E-state index contributed by atoms with van der Waals surface area (Å²) in [4.78, 5) is 30.2. The predicted molar refractivity (Wildman–Crippen MR) is 142 cm³/mol. The summed E-state index contributed by atoms with van der Waals surface area (Å²) in [5, 5.41) is 9.66. The van der Waals surface area contributed by atoms with Gasteiger partial charge in [0.25, 0.3) is 11.5 Å². The molecule has 0 unspecified atom stereocenters. The highest BCUT2D eigenvalue weighted by Crippen LogP contribution is 2.36. The van der Waals surface area contributed by atoms with Crippen LogP contribution in [0.25, 0.3) is 6.08 Å². The van der Waals surface area contributed by atoms with Crippen LogP contribution >= 0.6 is 24.0 Å². The van der Waals surface area contributed by atoms with Gasteiger partial charge in [-0.3, -0.25) is 19.1 Å². The molecule has 0 N–H and O–H groups in total. The summed E-state index contributed by atoms with van der Waals surface area (Å²) in [6.07, 6.45) is 4.89. The van der Waals surface area contributed by atoms with Crippen LogP contribution in [0.1, 0.15) is 42.0 Å². The Morgan fingerprint density at radius 1 is 1.21 bits per heavy atom. The van der Waals surface area contributed by atoms with E-state index in [0.29, 0.717) is 27.3 Å². The minimum atomic E-state index is -0.306. The minimum Gasteiger partial charge on any atom is -0.357 e. The third kappa shape index (κ3) is 4.55. The topological polar surface area (TPSA) is 69.3 Å². The lowest BCUT2D eigenvalue weighted by molar-refractivity contribution is -0.121. The normalized spacial score (nSPS) is 18.1. The van der Waals surface area contributed by atoms with Gasteiger partial charge in [0.1, 0.15) is 21.8 Å². The molecular weight excluding hydrogens is 464 g/mol. The van der Waals surface area contributed by atoms with Gasteiger partial charge >= 0.3 is 0 Å². The number of anilines is 1. The lowest BCUT2D eigenvalue weighted by Crippen LogP contribution is -2.39. The summed E-state index contributed by atoms with van der Waals surface area (Å²) in [5.74, 6) is 1.22. The average Bonchev–Trinajstić information content (AvgIpc) is 3.11. The van der Waals surface area contributed by atoms with Gasteiger partial charge in [0, 0.05) is 32.2 Å². The minimum absolute atomic E-state index is 0.113. The second-order valence-corrected chi connectivity index (χ2v) is 10.4. The zero-order chi connectivity index (χ0) is 24.4. The van der Waals surface area contributed by atoms with E-state index in [0.717, 1.165) is 43.7 Å². The molecule has 34 heavy (non-hydrogen) atoms. The molecule has 0 aliphatic carbocycles. The molecule has 176 valence electrons. The molecule has 0 atom stereocenters. The summed E-state index contributed by atoms with van der Waals surface area (Å²) >= 11 is 6.64. The van der Waals surface area contributed by atoms with Crippen LogP contribution in [0.5, 0.6) is 0 Å². The van der Waals surface area contributed by atoms with Crippen LogP contribution in [0.3, 0.4) is 0 Å². The molecule has 8 heteroatoms. The second-order valence-electron chi connectivity index (χ2n) is 8.76. The number of carbonyl (C=O) groups excluding carboxylic acids is 1. The van der Waals surface area contributed by atoms with Crippen LogP contribution in [0.2, 0.25) is 0 Å². The molecular formula is C26H28N4O2S2. The maximum absolute atomic E-state index is 13.0. The van der Waals surface area contributed by atoms with E-state index in [2.05, 4.69) is 35.2 Å². The monoisotopic (exact) mass is 492 g/mol. The number of rotatable bonds is 5. The second kappa shape index (κ2) is 10.2. The summed E-state index contributed by atoms with van der Waals surface area (Å²) in [5.41, 5.74) is 2.51. The van der Waals surface area contributed by atoms with Crippen molar-refractivity contribution in [3.63, 3.8) is 0 Å². The fraction of sp³-hybridized carbons (Fsp3) is 0.385. The molecule has 1 aromatic heterocycles. The Hall–Kier alpha value is -2.89. The first kappa shape index (κ1) is 24.2. The van der Waals surface area contributed by atoms with Crippen molar-refractivity contribution in [3.05, 3.63) is 67.8 Å². The lowest BCUT2D eigenvalue weighted by atomic mass is 9.90. The van der Waals surface area contributed by atoms with Crippen LogP contribution in [0, 0.1) is 24.2 Å². The van der Waals surface area contributed by atoms with E-state index < -0.39 is 0 Å². The largest absolute Gasteiger partial charge is 0.357 e. The molecule has 2 aliphatic rings. The number of benzene rings is 1. The van der Waals surface area contributed by atoms with Gasteiger partial charge in [-0.1, -0.05) is 54.3 Å². The third-order valence-corrected chi connectivity index (χ3v) is 8.09. The highest BCUT2D eigenvalue weighted by molar-refractivity contribution is 8.26. The number of thiocarbonyl (C=S) groups is 1. The maximum Gasteiger partial charge on any atom is 0.270 e. The Labute approximate surface area is 209 Å². The number of nitrogens with zero attached hydrogens (tertiary/aromatic N) is 4. The highest BCUT2D eigenvalue weighted by atomic mass is 32.2. The van der Waals surface area contributed by atoms with Crippen molar-refractivity contribution in [1.29, 1.82) is 5.26 Å². The smallest absolute Gasteiger partial charge is 0.270 e. The number of carbonyl (C=O) groups is 1. The zero-order valence-corrected chi connectivity index (χ0v) is 21.3. The molecule has 2 saturated heterocycles. The standard InChI is InChI=1S/C26H28N4O2S2/c1-4-30-25(32)22(34-26(30)33)15-20-17(2)21(16-27)24(31)28(3)23(20)29-12-10-19(11-13-29)14-18-8-6-5-7-9-18/h5-9,15,19H,4,10-14H2,1-3H3/b22-15-. The van der Waals surface area contributed by atoms with Crippen molar-refractivity contribution in [3.8, 4) is 6.07 Å². The van der Waals surface area contributed by atoms with Crippen LogP contribution in [-0.2, 0) is 18.3 Å². The Kier molecular flexibility index (Phi) is 7.24. The molecule has 0 spiro atoms. The number of likely N-dealkylation sites (N-methyl/N-ethyl adjacent to an activating group) is 1. The van der Waals surface area contributed by atoms with Crippen molar-refractivity contribution in [1.82, 2.24) is 9.47 Å². The SMILES string of the molecule is CCN1C(=O)/C(=C/c2c(C)c(C#N)c(=O)n(C)c2N2CCC(Cc3ccccc3)CC2)SC1=S. The summed E-state index contributed by atoms with van der Waals surface area (Å²) in [6, 6.07) is 12.6. The van der Waals surface area contributed by atoms with Gasteiger partial charge in [0.2, 0.25) is 0 Å². The maximum atomic E-state index is 13.0. The molecule has 0 saturated carbocycles. The molecule has 2 aliphatic heterocycles. The van der Waals surface area contributed by atoms with Crippen LogP contribution in [0.4, 0.5) is 5.82 Å². The fourth-order valence-corrected chi connectivity index (χ4v) is 6.16. The fourth-order valence-electron chi connectivity index (χ4n) is 4.79. The van der Waals surface area contributed by atoms with Gasteiger partial charge in [-0.25, -0.2) is 0 Å². The van der Waals surface area contributed by atoms with E-state index in [4.69, 9.17) is 12.2 Å². The lowest BCUT2D eigenvalue weighted by Gasteiger charge is -2.36. The molecule has 1 amide bonds. The van der Waals surface area contributed by atoms with E-state index >= 15 is 0 Å². The van der Waals surface area contributed by atoms with Crippen LogP contribution in [-0.4, -0.2) is 39.3 Å². The molecule has 4 rings (SSSR count). The first-order chi connectivity index (χ1) is 16.3. The highest BCUT2D eigenvalue weighted by Gasteiger charge is 2.32. The number of aromatic nitrogens is 1. The summed E-state index contributed by atoms with van der Waals surface area (Å²) < 4.78 is 2.10. The number of amides is 1. The van der Waals surface area contributed by atoms with Gasteiger partial charge < -0.3 is 4.90 Å². The zero-order valence-electron chi connectivity index (χ0n) is 19.7. The average molecular weight is 493 g/mol. The van der Waals surface area contributed by atoms with Crippen molar-refractivity contribution in [2.75, 3.05) is 24.5 Å². The Morgan fingerprint density at radius 2 is 1.88 bits per heavy atom.